The molecule has 1 unspecified atom stereocenters. The Morgan fingerprint density at radius 2 is 1.69 bits per heavy atom. The standard InChI is InChI=1S/C17H35NO6SSi/c1-16(2,3)22-15(19)18-11-10-13(12-18)14(23-25(7,20)21)24-26(8,9)17(4,5)6/h13-14H,10-12H2,1-9H3/t13-,14?/m1/s1. The maximum atomic E-state index is 12.3. The van der Waals surface area contributed by atoms with E-state index in [1.165, 1.54) is 0 Å². The van der Waals surface area contributed by atoms with E-state index in [9.17, 15) is 13.2 Å². The lowest BCUT2D eigenvalue weighted by molar-refractivity contribution is -0.0429. The maximum Gasteiger partial charge on any atom is 0.410 e. The molecule has 0 bridgehead atoms. The molecule has 0 N–H and O–H groups in total. The highest BCUT2D eigenvalue weighted by atomic mass is 32.2. The van der Waals surface area contributed by atoms with Crippen molar-refractivity contribution in [1.29, 1.82) is 0 Å². The molecule has 1 amide bonds. The highest BCUT2D eigenvalue weighted by Crippen LogP contribution is 2.39. The van der Waals surface area contributed by atoms with E-state index in [1.54, 1.807) is 4.90 Å². The van der Waals surface area contributed by atoms with Crippen LogP contribution in [0.2, 0.25) is 18.1 Å². The molecule has 0 aromatic heterocycles. The number of rotatable bonds is 5. The number of nitrogens with zero attached hydrogens (tertiary/aromatic N) is 1. The van der Waals surface area contributed by atoms with Crippen molar-refractivity contribution in [2.75, 3.05) is 19.3 Å². The summed E-state index contributed by atoms with van der Waals surface area (Å²) in [5, 5.41) is -0.0877. The summed E-state index contributed by atoms with van der Waals surface area (Å²) in [6, 6.07) is 0. The summed E-state index contributed by atoms with van der Waals surface area (Å²) in [5.74, 6) is -0.216. The van der Waals surface area contributed by atoms with Crippen LogP contribution < -0.4 is 0 Å². The third kappa shape index (κ3) is 7.17. The van der Waals surface area contributed by atoms with Crippen molar-refractivity contribution in [1.82, 2.24) is 4.90 Å². The molecule has 0 spiro atoms. The third-order valence-corrected chi connectivity index (χ3v) is 9.72. The van der Waals surface area contributed by atoms with Crippen molar-refractivity contribution >= 4 is 24.5 Å². The largest absolute Gasteiger partial charge is 0.444 e. The molecule has 1 aliphatic heterocycles. The van der Waals surface area contributed by atoms with Crippen LogP contribution in [0, 0.1) is 5.92 Å². The first-order valence-electron chi connectivity index (χ1n) is 8.95. The van der Waals surface area contributed by atoms with Crippen LogP contribution in [-0.4, -0.2) is 59.0 Å². The number of amides is 1. The molecule has 1 fully saturated rings. The molecule has 1 aliphatic rings. The Kier molecular flexibility index (Phi) is 6.99. The molecule has 2 atom stereocenters. The van der Waals surface area contributed by atoms with Crippen molar-refractivity contribution in [2.24, 2.45) is 5.92 Å². The lowest BCUT2D eigenvalue weighted by atomic mass is 10.1. The molecule has 0 aliphatic carbocycles. The highest BCUT2D eigenvalue weighted by Gasteiger charge is 2.44. The normalized spacial score (nSPS) is 21.0. The van der Waals surface area contributed by atoms with Crippen molar-refractivity contribution in [3.63, 3.8) is 0 Å². The molecule has 1 rings (SSSR count). The monoisotopic (exact) mass is 409 g/mol. The Bertz CT molecular complexity index is 606. The Labute approximate surface area is 159 Å². The number of ether oxygens (including phenoxy) is 1. The van der Waals surface area contributed by atoms with Crippen LogP contribution in [0.25, 0.3) is 0 Å². The van der Waals surface area contributed by atoms with E-state index in [2.05, 4.69) is 20.8 Å². The summed E-state index contributed by atoms with van der Waals surface area (Å²) in [5.41, 5.74) is -0.574. The molecule has 0 radical (unpaired) electrons. The average molecular weight is 410 g/mol. The predicted octanol–water partition coefficient (Wildman–Crippen LogP) is 3.57. The minimum atomic E-state index is -3.68. The Morgan fingerprint density at radius 1 is 1.15 bits per heavy atom. The van der Waals surface area contributed by atoms with Crippen LogP contribution in [0.15, 0.2) is 0 Å². The second-order valence-corrected chi connectivity index (χ2v) is 15.9. The topological polar surface area (TPSA) is 82.1 Å². The lowest BCUT2D eigenvalue weighted by Gasteiger charge is -2.40. The predicted molar refractivity (Wildman–Crippen MR) is 104 cm³/mol. The first kappa shape index (κ1) is 23.4. The van der Waals surface area contributed by atoms with Gasteiger partial charge in [0.2, 0.25) is 0 Å². The average Bonchev–Trinajstić information content (AvgIpc) is 2.81. The number of hydrogen-bond donors (Lipinski definition) is 0. The summed E-state index contributed by atoms with van der Waals surface area (Å²) in [6.45, 7) is 16.6. The summed E-state index contributed by atoms with van der Waals surface area (Å²) in [6.07, 6.45) is 0.340. The highest BCUT2D eigenvalue weighted by molar-refractivity contribution is 7.86. The zero-order chi connectivity index (χ0) is 20.6. The van der Waals surface area contributed by atoms with E-state index in [4.69, 9.17) is 13.3 Å². The fourth-order valence-corrected chi connectivity index (χ4v) is 4.12. The van der Waals surface area contributed by atoms with Gasteiger partial charge in [-0.2, -0.15) is 8.42 Å². The molecule has 0 aromatic rings. The molecule has 7 nitrogen and oxygen atoms in total. The Morgan fingerprint density at radius 3 is 2.12 bits per heavy atom. The second kappa shape index (κ2) is 7.77. The van der Waals surface area contributed by atoms with Crippen LogP contribution in [0.3, 0.4) is 0 Å². The van der Waals surface area contributed by atoms with Gasteiger partial charge in [0.25, 0.3) is 10.1 Å². The first-order valence-corrected chi connectivity index (χ1v) is 13.7. The van der Waals surface area contributed by atoms with Crippen LogP contribution in [0.1, 0.15) is 48.0 Å². The number of hydrogen-bond acceptors (Lipinski definition) is 6. The molecule has 26 heavy (non-hydrogen) atoms. The van der Waals surface area contributed by atoms with Gasteiger partial charge in [-0.3, -0.25) is 0 Å². The quantitative estimate of drug-likeness (QED) is 0.392. The molecule has 0 aromatic carbocycles. The third-order valence-electron chi connectivity index (χ3n) is 4.75. The van der Waals surface area contributed by atoms with Gasteiger partial charge in [-0.25, -0.2) is 8.98 Å². The zero-order valence-corrected chi connectivity index (χ0v) is 19.4. The van der Waals surface area contributed by atoms with Crippen LogP contribution in [-0.2, 0) is 23.5 Å². The van der Waals surface area contributed by atoms with Gasteiger partial charge in [0, 0.05) is 19.0 Å². The van der Waals surface area contributed by atoms with Crippen LogP contribution in [0.5, 0.6) is 0 Å². The molecule has 9 heteroatoms. The molecule has 1 saturated heterocycles. The lowest BCUT2D eigenvalue weighted by Crippen LogP contribution is -2.47. The summed E-state index contributed by atoms with van der Waals surface area (Å²) in [7, 11) is -5.93. The van der Waals surface area contributed by atoms with E-state index < -0.39 is 36.4 Å². The van der Waals surface area contributed by atoms with Crippen molar-refractivity contribution in [3.05, 3.63) is 0 Å². The van der Waals surface area contributed by atoms with Crippen molar-refractivity contribution in [3.8, 4) is 0 Å². The van der Waals surface area contributed by atoms with Crippen molar-refractivity contribution in [2.45, 2.75) is 78.0 Å². The van der Waals surface area contributed by atoms with E-state index in [1.807, 2.05) is 33.9 Å². The van der Waals surface area contributed by atoms with Gasteiger partial charge < -0.3 is 14.1 Å². The van der Waals surface area contributed by atoms with E-state index >= 15 is 0 Å². The van der Waals surface area contributed by atoms with E-state index in [0.29, 0.717) is 19.5 Å². The summed E-state index contributed by atoms with van der Waals surface area (Å²) < 4.78 is 40.4. The van der Waals surface area contributed by atoms with E-state index in [-0.39, 0.29) is 11.0 Å². The zero-order valence-electron chi connectivity index (χ0n) is 17.6. The van der Waals surface area contributed by atoms with Crippen LogP contribution >= 0.6 is 0 Å². The molecular weight excluding hydrogens is 374 g/mol. The SMILES string of the molecule is CC(C)(C)OC(=O)N1CC[C@@H](C(O[Si](C)(C)C(C)(C)C)OS(C)(=O)=O)C1. The Balaban J connectivity index is 2.91. The minimum absolute atomic E-state index is 0.0877. The Hall–Kier alpha value is -0.643. The molecule has 1 heterocycles. The number of carbonyl (C=O) groups is 1. The van der Waals surface area contributed by atoms with Gasteiger partial charge in [-0.05, 0) is 45.3 Å². The van der Waals surface area contributed by atoms with Crippen LogP contribution in [0.4, 0.5) is 4.79 Å². The first-order chi connectivity index (χ1) is 11.4. The van der Waals surface area contributed by atoms with Gasteiger partial charge in [0.15, 0.2) is 14.6 Å². The van der Waals surface area contributed by atoms with Gasteiger partial charge in [-0.15, -0.1) is 0 Å². The van der Waals surface area contributed by atoms with Gasteiger partial charge in [0.1, 0.15) is 5.60 Å². The number of likely N-dealkylation sites (tertiary alicyclic amines) is 1. The fraction of sp³-hybridized carbons (Fsp3) is 0.941. The minimum Gasteiger partial charge on any atom is -0.444 e. The fourth-order valence-electron chi connectivity index (χ4n) is 2.34. The summed E-state index contributed by atoms with van der Waals surface area (Å²) in [4.78, 5) is 13.9. The van der Waals surface area contributed by atoms with Crippen molar-refractivity contribution < 1.29 is 26.6 Å². The van der Waals surface area contributed by atoms with Gasteiger partial charge in [-0.1, -0.05) is 20.8 Å². The van der Waals surface area contributed by atoms with Gasteiger partial charge >= 0.3 is 6.09 Å². The van der Waals surface area contributed by atoms with Gasteiger partial charge in [0.05, 0.1) is 6.26 Å². The molecule has 154 valence electrons. The maximum absolute atomic E-state index is 12.3. The summed E-state index contributed by atoms with van der Waals surface area (Å²) >= 11 is 0. The molecular formula is C17H35NO6SSi. The smallest absolute Gasteiger partial charge is 0.410 e. The van der Waals surface area contributed by atoms with E-state index in [0.717, 1.165) is 6.26 Å². The second-order valence-electron chi connectivity index (χ2n) is 9.52. The molecule has 0 saturated carbocycles. The number of carbonyl (C=O) groups excluding carboxylic acids is 1.